The number of aryl methyl sites for hydroxylation is 2. The summed E-state index contributed by atoms with van der Waals surface area (Å²) in [5.41, 5.74) is 4.07. The van der Waals surface area contributed by atoms with E-state index in [2.05, 4.69) is 15.4 Å². The van der Waals surface area contributed by atoms with Crippen LogP contribution in [0.1, 0.15) is 34.7 Å². The van der Waals surface area contributed by atoms with Crippen LogP contribution in [0.3, 0.4) is 0 Å². The smallest absolute Gasteiger partial charge is 0.328 e. The molecule has 174 valence electrons. The summed E-state index contributed by atoms with van der Waals surface area (Å²) in [4.78, 5) is 16.1. The second-order valence-electron chi connectivity index (χ2n) is 7.51. The predicted molar refractivity (Wildman–Crippen MR) is 129 cm³/mol. The van der Waals surface area contributed by atoms with E-state index < -0.39 is 16.1 Å². The van der Waals surface area contributed by atoms with E-state index >= 15 is 0 Å². The number of halogens is 2. The van der Waals surface area contributed by atoms with E-state index in [-0.39, 0.29) is 10.8 Å². The van der Waals surface area contributed by atoms with Crippen molar-refractivity contribution in [3.8, 4) is 0 Å². The van der Waals surface area contributed by atoms with Gasteiger partial charge in [-0.25, -0.2) is 22.9 Å². The van der Waals surface area contributed by atoms with Gasteiger partial charge in [-0.15, -0.1) is 11.3 Å². The summed E-state index contributed by atoms with van der Waals surface area (Å²) in [6, 6.07) is 4.58. The minimum atomic E-state index is -3.94. The highest BCUT2D eigenvalue weighted by molar-refractivity contribution is 7.92. The molecule has 0 atom stereocenters. The van der Waals surface area contributed by atoms with Crippen LogP contribution in [0.25, 0.3) is 5.57 Å². The zero-order valence-electron chi connectivity index (χ0n) is 17.6. The lowest BCUT2D eigenvalue weighted by Gasteiger charge is -2.18. The van der Waals surface area contributed by atoms with Crippen molar-refractivity contribution < 1.29 is 13.2 Å². The van der Waals surface area contributed by atoms with Crippen LogP contribution < -0.4 is 10.0 Å². The Balaban J connectivity index is 1.45. The van der Waals surface area contributed by atoms with E-state index in [9.17, 15) is 13.2 Å². The number of rotatable bonds is 6. The fraction of sp³-hybridized carbons (Fsp3) is 0.286. The van der Waals surface area contributed by atoms with Crippen LogP contribution in [0.4, 0.5) is 4.79 Å². The lowest BCUT2D eigenvalue weighted by molar-refractivity contribution is 0.247. The normalized spacial score (nSPS) is 14.8. The first-order chi connectivity index (χ1) is 15.7. The summed E-state index contributed by atoms with van der Waals surface area (Å²) in [5.74, 6) is 0. The maximum atomic E-state index is 12.3. The summed E-state index contributed by atoms with van der Waals surface area (Å²) in [6.45, 7) is 2.35. The number of carbonyl (C=O) groups is 1. The van der Waals surface area contributed by atoms with Crippen LogP contribution >= 0.6 is 34.5 Å². The van der Waals surface area contributed by atoms with Crippen LogP contribution in [0, 0.1) is 6.92 Å². The second-order valence-corrected chi connectivity index (χ2v) is 11.5. The van der Waals surface area contributed by atoms with Crippen LogP contribution in [0.5, 0.6) is 0 Å². The number of hydrogen-bond acceptors (Lipinski definition) is 6. The van der Waals surface area contributed by atoms with Gasteiger partial charge in [0.2, 0.25) is 0 Å². The van der Waals surface area contributed by atoms with Crippen molar-refractivity contribution in [2.24, 2.45) is 0 Å². The Kier molecular flexibility index (Phi) is 7.08. The highest BCUT2D eigenvalue weighted by atomic mass is 35.5. The third-order valence-corrected chi connectivity index (χ3v) is 8.44. The lowest BCUT2D eigenvalue weighted by atomic mass is 9.92. The van der Waals surface area contributed by atoms with Gasteiger partial charge < -0.3 is 5.32 Å². The molecule has 0 aliphatic heterocycles. The molecule has 12 heteroatoms. The number of sulfonamides is 1. The molecule has 0 fully saturated rings. The van der Waals surface area contributed by atoms with Gasteiger partial charge in [0.05, 0.1) is 29.6 Å². The van der Waals surface area contributed by atoms with Crippen LogP contribution in [-0.4, -0.2) is 35.8 Å². The Bertz CT molecular complexity index is 1330. The van der Waals surface area contributed by atoms with Crippen molar-refractivity contribution in [1.29, 1.82) is 0 Å². The highest BCUT2D eigenvalue weighted by Crippen LogP contribution is 2.31. The van der Waals surface area contributed by atoms with Gasteiger partial charge in [-0.1, -0.05) is 35.3 Å². The summed E-state index contributed by atoms with van der Waals surface area (Å²) >= 11 is 13.3. The molecule has 2 N–H and O–H groups in total. The van der Waals surface area contributed by atoms with Crippen molar-refractivity contribution in [3.05, 3.63) is 68.5 Å². The molecule has 1 aliphatic rings. The van der Waals surface area contributed by atoms with Gasteiger partial charge in [0.15, 0.2) is 4.21 Å². The van der Waals surface area contributed by atoms with E-state index in [4.69, 9.17) is 23.2 Å². The molecule has 4 rings (SSSR count). The predicted octanol–water partition coefficient (Wildman–Crippen LogP) is 4.41. The monoisotopic (exact) mass is 525 g/mol. The maximum Gasteiger partial charge on any atom is 0.328 e. The van der Waals surface area contributed by atoms with Gasteiger partial charge in [-0.3, -0.25) is 4.68 Å². The average Bonchev–Trinajstić information content (AvgIpc) is 3.37. The van der Waals surface area contributed by atoms with Crippen molar-refractivity contribution in [1.82, 2.24) is 24.8 Å². The molecule has 1 aliphatic carbocycles. The summed E-state index contributed by atoms with van der Waals surface area (Å²) < 4.78 is 28.4. The molecule has 33 heavy (non-hydrogen) atoms. The molecule has 0 unspecified atom stereocenters. The van der Waals surface area contributed by atoms with Crippen molar-refractivity contribution in [3.63, 3.8) is 0 Å². The number of nitrogens with zero attached hydrogens (tertiary/aromatic N) is 3. The first-order valence-corrected chi connectivity index (χ1v) is 13.2. The van der Waals surface area contributed by atoms with Gasteiger partial charge in [-0.2, -0.15) is 5.10 Å². The van der Waals surface area contributed by atoms with E-state index in [1.165, 1.54) is 6.20 Å². The van der Waals surface area contributed by atoms with E-state index in [1.54, 1.807) is 19.1 Å². The number of allylic oxidation sites excluding steroid dienone is 1. The van der Waals surface area contributed by atoms with Gasteiger partial charge in [0.25, 0.3) is 10.0 Å². The minimum absolute atomic E-state index is 0.00445. The summed E-state index contributed by atoms with van der Waals surface area (Å²) in [6.07, 6.45) is 7.70. The second kappa shape index (κ2) is 9.84. The molecular weight excluding hydrogens is 505 g/mol. The maximum absolute atomic E-state index is 12.3. The molecule has 8 nitrogen and oxygen atoms in total. The van der Waals surface area contributed by atoms with E-state index in [0.717, 1.165) is 53.0 Å². The number of nitrogens with one attached hydrogen (secondary N) is 2. The highest BCUT2D eigenvalue weighted by Gasteiger charge is 2.22. The van der Waals surface area contributed by atoms with Gasteiger partial charge in [-0.05, 0) is 55.0 Å². The molecule has 0 radical (unpaired) electrons. The number of benzene rings is 1. The minimum Gasteiger partial charge on any atom is -0.334 e. The zero-order valence-corrected chi connectivity index (χ0v) is 20.8. The lowest BCUT2D eigenvalue weighted by Crippen LogP contribution is -2.39. The fourth-order valence-corrected chi connectivity index (χ4v) is 6.14. The molecule has 0 bridgehead atoms. The number of urea groups is 1. The number of amides is 2. The molecule has 3 aromatic rings. The third-order valence-electron chi connectivity index (χ3n) is 5.15. The number of fused-ring (bicyclic) bond motifs is 1. The number of carbonyl (C=O) groups excluding carboxylic acids is 1. The largest absolute Gasteiger partial charge is 0.334 e. The SMILES string of the molecule is Cc1ncc(S(=O)(=O)NC(=O)NC/C=C2\CCCc3cnn(Cc4ccc(Cl)cc4Cl)c32)s1. The van der Waals surface area contributed by atoms with Crippen molar-refractivity contribution >= 4 is 56.2 Å². The van der Waals surface area contributed by atoms with Gasteiger partial charge in [0, 0.05) is 16.6 Å². The molecule has 1 aromatic carbocycles. The van der Waals surface area contributed by atoms with Crippen molar-refractivity contribution in [2.75, 3.05) is 6.54 Å². The molecule has 2 aromatic heterocycles. The molecule has 0 spiro atoms. The van der Waals surface area contributed by atoms with E-state index in [1.807, 2.05) is 27.7 Å². The van der Waals surface area contributed by atoms with Gasteiger partial charge >= 0.3 is 6.03 Å². The van der Waals surface area contributed by atoms with E-state index in [0.29, 0.717) is 21.6 Å². The fourth-order valence-electron chi connectivity index (χ4n) is 3.64. The van der Waals surface area contributed by atoms with Crippen molar-refractivity contribution in [2.45, 2.75) is 36.9 Å². The first kappa shape index (κ1) is 23.7. The Hall–Kier alpha value is -2.40. The topological polar surface area (TPSA) is 106 Å². The molecule has 2 amide bonds. The molecule has 0 saturated heterocycles. The number of thiazole rings is 1. The quantitative estimate of drug-likeness (QED) is 0.495. The number of aromatic nitrogens is 3. The Morgan fingerprint density at radius 3 is 2.82 bits per heavy atom. The summed E-state index contributed by atoms with van der Waals surface area (Å²) in [7, 11) is -3.94. The molecular formula is C21H21Cl2N5O3S2. The Morgan fingerprint density at radius 1 is 1.27 bits per heavy atom. The first-order valence-electron chi connectivity index (χ1n) is 10.1. The van der Waals surface area contributed by atoms with Crippen LogP contribution in [0.2, 0.25) is 10.0 Å². The van der Waals surface area contributed by atoms with Gasteiger partial charge in [0.1, 0.15) is 0 Å². The number of hydrogen-bond donors (Lipinski definition) is 2. The molecule has 0 saturated carbocycles. The molecule has 2 heterocycles. The van der Waals surface area contributed by atoms with Crippen LogP contribution in [0.15, 0.2) is 40.9 Å². The summed E-state index contributed by atoms with van der Waals surface area (Å²) in [5, 5.41) is 8.87. The average molecular weight is 526 g/mol. The standard InChI is InChI=1S/C21H21Cl2N5O3S2/c1-13-25-11-19(32-13)33(30,31)27-21(29)24-8-7-14-3-2-4-15-10-26-28(20(14)15)12-16-5-6-17(22)9-18(16)23/h5-7,9-11H,2-4,8,12H2,1H3,(H2,24,27,29)/b14-7+. The third kappa shape index (κ3) is 5.57. The Morgan fingerprint density at radius 2 is 2.09 bits per heavy atom. The van der Waals surface area contributed by atoms with Crippen LogP contribution in [-0.2, 0) is 23.0 Å². The zero-order chi connectivity index (χ0) is 23.6. The Labute approximate surface area is 205 Å².